The summed E-state index contributed by atoms with van der Waals surface area (Å²) < 4.78 is 10.8. The fraction of sp³-hybridized carbons (Fsp3) is 0.154. The summed E-state index contributed by atoms with van der Waals surface area (Å²) in [6.45, 7) is 0.575. The first-order valence-corrected chi connectivity index (χ1v) is 6.14. The van der Waals surface area contributed by atoms with E-state index in [1.165, 1.54) is 7.11 Å². The third-order valence-electron chi connectivity index (χ3n) is 2.45. The molecule has 1 N–H and O–H groups in total. The van der Waals surface area contributed by atoms with E-state index in [9.17, 15) is 4.79 Å². The van der Waals surface area contributed by atoms with Gasteiger partial charge in [0.15, 0.2) is 0 Å². The SMILES string of the molecule is COC(=O)c1ccc(NCc2occc2Br)cc1. The Hall–Kier alpha value is -1.75. The Morgan fingerprint density at radius 2 is 2.06 bits per heavy atom. The number of ether oxygens (including phenoxy) is 1. The molecule has 1 aromatic heterocycles. The van der Waals surface area contributed by atoms with E-state index in [1.807, 2.05) is 18.2 Å². The van der Waals surface area contributed by atoms with Gasteiger partial charge in [-0.15, -0.1) is 0 Å². The molecule has 2 rings (SSSR count). The Labute approximate surface area is 113 Å². The van der Waals surface area contributed by atoms with Crippen molar-refractivity contribution >= 4 is 27.6 Å². The molecule has 0 aliphatic rings. The number of benzene rings is 1. The molecule has 0 spiro atoms. The lowest BCUT2D eigenvalue weighted by molar-refractivity contribution is 0.0601. The molecule has 1 heterocycles. The normalized spacial score (nSPS) is 10.1. The first-order chi connectivity index (χ1) is 8.70. The minimum absolute atomic E-state index is 0.338. The van der Waals surface area contributed by atoms with Crippen molar-refractivity contribution in [2.45, 2.75) is 6.54 Å². The van der Waals surface area contributed by atoms with Gasteiger partial charge in [-0.05, 0) is 46.3 Å². The molecular formula is C13H12BrNO3. The van der Waals surface area contributed by atoms with Crippen molar-refractivity contribution in [1.29, 1.82) is 0 Å². The van der Waals surface area contributed by atoms with E-state index in [-0.39, 0.29) is 5.97 Å². The predicted octanol–water partition coefficient (Wildman–Crippen LogP) is 3.44. The minimum Gasteiger partial charge on any atom is -0.466 e. The van der Waals surface area contributed by atoms with Crippen molar-refractivity contribution < 1.29 is 13.9 Å². The lowest BCUT2D eigenvalue weighted by Gasteiger charge is -2.05. The summed E-state index contributed by atoms with van der Waals surface area (Å²) in [4.78, 5) is 11.3. The average Bonchev–Trinajstić information content (AvgIpc) is 2.81. The highest BCUT2D eigenvalue weighted by molar-refractivity contribution is 9.10. The average molecular weight is 310 g/mol. The molecule has 0 unspecified atom stereocenters. The number of hydrogen-bond donors (Lipinski definition) is 1. The molecule has 4 nitrogen and oxygen atoms in total. The van der Waals surface area contributed by atoms with Gasteiger partial charge in [0.1, 0.15) is 5.76 Å². The lowest BCUT2D eigenvalue weighted by atomic mass is 10.2. The van der Waals surface area contributed by atoms with Crippen LogP contribution in [0.15, 0.2) is 45.5 Å². The van der Waals surface area contributed by atoms with Gasteiger partial charge in [-0.3, -0.25) is 0 Å². The van der Waals surface area contributed by atoms with Gasteiger partial charge in [-0.25, -0.2) is 4.79 Å². The van der Waals surface area contributed by atoms with Crippen molar-refractivity contribution in [2.75, 3.05) is 12.4 Å². The zero-order chi connectivity index (χ0) is 13.0. The van der Waals surface area contributed by atoms with Crippen LogP contribution in [0.5, 0.6) is 0 Å². The molecule has 0 aliphatic carbocycles. The summed E-state index contributed by atoms with van der Waals surface area (Å²) in [7, 11) is 1.36. The molecule has 0 aliphatic heterocycles. The Morgan fingerprint density at radius 1 is 1.33 bits per heavy atom. The van der Waals surface area contributed by atoms with Crippen molar-refractivity contribution in [3.63, 3.8) is 0 Å². The van der Waals surface area contributed by atoms with Crippen LogP contribution in [-0.4, -0.2) is 13.1 Å². The second-order valence-corrected chi connectivity index (χ2v) is 4.47. The van der Waals surface area contributed by atoms with Crippen LogP contribution in [0.4, 0.5) is 5.69 Å². The van der Waals surface area contributed by atoms with Gasteiger partial charge in [0.2, 0.25) is 0 Å². The Bertz CT molecular complexity index is 533. The maximum absolute atomic E-state index is 11.3. The minimum atomic E-state index is -0.338. The van der Waals surface area contributed by atoms with Crippen LogP contribution in [0.2, 0.25) is 0 Å². The van der Waals surface area contributed by atoms with E-state index >= 15 is 0 Å². The van der Waals surface area contributed by atoms with Crippen LogP contribution in [-0.2, 0) is 11.3 Å². The van der Waals surface area contributed by atoms with Gasteiger partial charge in [0.05, 0.1) is 30.0 Å². The maximum atomic E-state index is 11.3. The zero-order valence-corrected chi connectivity index (χ0v) is 11.4. The molecule has 5 heteroatoms. The van der Waals surface area contributed by atoms with Crippen molar-refractivity contribution in [3.8, 4) is 0 Å². The highest BCUT2D eigenvalue weighted by Crippen LogP contribution is 2.19. The number of furan rings is 1. The largest absolute Gasteiger partial charge is 0.466 e. The molecule has 18 heavy (non-hydrogen) atoms. The van der Waals surface area contributed by atoms with Gasteiger partial charge in [-0.1, -0.05) is 0 Å². The van der Waals surface area contributed by atoms with Crippen LogP contribution in [0.1, 0.15) is 16.1 Å². The van der Waals surface area contributed by atoms with E-state index in [0.29, 0.717) is 12.1 Å². The number of carbonyl (C=O) groups excluding carboxylic acids is 1. The highest BCUT2D eigenvalue weighted by Gasteiger charge is 2.05. The third kappa shape index (κ3) is 2.92. The molecular weight excluding hydrogens is 298 g/mol. The molecule has 2 aromatic rings. The summed E-state index contributed by atoms with van der Waals surface area (Å²) in [5.41, 5.74) is 1.44. The smallest absolute Gasteiger partial charge is 0.337 e. The number of anilines is 1. The third-order valence-corrected chi connectivity index (χ3v) is 3.16. The fourth-order valence-electron chi connectivity index (χ4n) is 1.48. The quantitative estimate of drug-likeness (QED) is 0.879. The van der Waals surface area contributed by atoms with E-state index in [1.54, 1.807) is 18.4 Å². The standard InChI is InChI=1S/C13H12BrNO3/c1-17-13(16)9-2-4-10(5-3-9)15-8-12-11(14)6-7-18-12/h2-7,15H,8H2,1H3. The number of methoxy groups -OCH3 is 1. The second-order valence-electron chi connectivity index (χ2n) is 3.61. The summed E-state index contributed by atoms with van der Waals surface area (Å²) in [6, 6.07) is 8.92. The number of hydrogen-bond acceptors (Lipinski definition) is 4. The van der Waals surface area contributed by atoms with E-state index in [4.69, 9.17) is 4.42 Å². The van der Waals surface area contributed by atoms with Gasteiger partial charge in [-0.2, -0.15) is 0 Å². The number of esters is 1. The molecule has 0 radical (unpaired) electrons. The zero-order valence-electron chi connectivity index (χ0n) is 9.77. The maximum Gasteiger partial charge on any atom is 0.337 e. The lowest BCUT2D eigenvalue weighted by Crippen LogP contribution is -2.02. The number of nitrogens with one attached hydrogen (secondary N) is 1. The van der Waals surface area contributed by atoms with E-state index in [2.05, 4.69) is 26.0 Å². The van der Waals surface area contributed by atoms with Crippen LogP contribution >= 0.6 is 15.9 Å². The van der Waals surface area contributed by atoms with Crippen LogP contribution in [0.25, 0.3) is 0 Å². The number of carbonyl (C=O) groups is 1. The summed E-state index contributed by atoms with van der Waals surface area (Å²) >= 11 is 3.38. The van der Waals surface area contributed by atoms with Gasteiger partial charge >= 0.3 is 5.97 Å². The van der Waals surface area contributed by atoms with Crippen LogP contribution in [0.3, 0.4) is 0 Å². The summed E-state index contributed by atoms with van der Waals surface area (Å²) in [5.74, 6) is 0.488. The van der Waals surface area contributed by atoms with Crippen molar-refractivity contribution in [1.82, 2.24) is 0 Å². The first-order valence-electron chi connectivity index (χ1n) is 5.35. The topological polar surface area (TPSA) is 51.5 Å². The summed E-state index contributed by atoms with van der Waals surface area (Å²) in [6.07, 6.45) is 1.63. The summed E-state index contributed by atoms with van der Waals surface area (Å²) in [5, 5.41) is 3.20. The molecule has 0 atom stereocenters. The number of halogens is 1. The fourth-order valence-corrected chi connectivity index (χ4v) is 1.82. The number of rotatable bonds is 4. The first kappa shape index (κ1) is 12.7. The van der Waals surface area contributed by atoms with E-state index in [0.717, 1.165) is 15.9 Å². The Balaban J connectivity index is 1.98. The molecule has 0 saturated heterocycles. The Morgan fingerprint density at radius 3 is 2.61 bits per heavy atom. The molecule has 1 aromatic carbocycles. The molecule has 0 fully saturated rings. The predicted molar refractivity (Wildman–Crippen MR) is 71.5 cm³/mol. The molecule has 94 valence electrons. The monoisotopic (exact) mass is 309 g/mol. The van der Waals surface area contributed by atoms with Gasteiger partial charge in [0.25, 0.3) is 0 Å². The molecule has 0 amide bonds. The molecule has 0 bridgehead atoms. The second kappa shape index (κ2) is 5.73. The van der Waals surface area contributed by atoms with Gasteiger partial charge < -0.3 is 14.5 Å². The Kier molecular flexibility index (Phi) is 4.04. The van der Waals surface area contributed by atoms with Gasteiger partial charge in [0, 0.05) is 5.69 Å². The molecule has 0 saturated carbocycles. The van der Waals surface area contributed by atoms with Crippen LogP contribution < -0.4 is 5.32 Å². The van der Waals surface area contributed by atoms with Crippen molar-refractivity contribution in [2.24, 2.45) is 0 Å². The van der Waals surface area contributed by atoms with Crippen molar-refractivity contribution in [3.05, 3.63) is 52.4 Å². The van der Waals surface area contributed by atoms with E-state index < -0.39 is 0 Å². The highest BCUT2D eigenvalue weighted by atomic mass is 79.9. The van der Waals surface area contributed by atoms with Crippen LogP contribution in [0, 0.1) is 0 Å².